The molecule has 0 spiro atoms. The maximum atomic E-state index is 16.0. The van der Waals surface area contributed by atoms with Gasteiger partial charge in [0.1, 0.15) is 5.60 Å². The van der Waals surface area contributed by atoms with Crippen LogP contribution in [0.15, 0.2) is 48.5 Å². The van der Waals surface area contributed by atoms with Crippen molar-refractivity contribution in [2.45, 2.75) is 38.2 Å². The molecule has 9 heteroatoms. The topological polar surface area (TPSA) is 81.5 Å². The molecule has 0 aliphatic rings. The molecule has 0 unspecified atom stereocenters. The highest BCUT2D eigenvalue weighted by atomic mass is 35.5. The minimum atomic E-state index is -3.19. The molecule has 0 aliphatic carbocycles. The van der Waals surface area contributed by atoms with Crippen molar-refractivity contribution >= 4 is 29.3 Å². The second-order valence-corrected chi connectivity index (χ2v) is 7.94. The number of nitro groups is 1. The van der Waals surface area contributed by atoms with Gasteiger partial charge in [0.2, 0.25) is 0 Å². The van der Waals surface area contributed by atoms with Gasteiger partial charge in [-0.2, -0.15) is 4.39 Å². The van der Waals surface area contributed by atoms with E-state index in [9.17, 15) is 14.9 Å². The van der Waals surface area contributed by atoms with E-state index >= 15 is 4.39 Å². The van der Waals surface area contributed by atoms with Crippen molar-refractivity contribution in [2.24, 2.45) is 0 Å². The normalized spacial score (nSPS) is 14.6. The molecule has 2 rings (SSSR count). The number of carbonyl (C=O) groups excluding carboxylic acids is 1. The molecule has 0 aliphatic heterocycles. The highest BCUT2D eigenvalue weighted by Crippen LogP contribution is 2.40. The monoisotopic (exact) mass is 428 g/mol. The lowest BCUT2D eigenvalue weighted by atomic mass is 9.91. The van der Waals surface area contributed by atoms with Gasteiger partial charge in [-0.05, 0) is 62.7 Å². The summed E-state index contributed by atoms with van der Waals surface area (Å²) in [6, 6.07) is 9.08. The number of nitrogens with one attached hydrogen (secondary N) is 1. The number of rotatable bonds is 5. The number of hydrogen-bond donors (Lipinski definition) is 1. The number of amides is 1. The third-order valence-electron chi connectivity index (χ3n) is 3.76. The van der Waals surface area contributed by atoms with Crippen molar-refractivity contribution in [1.29, 1.82) is 0 Å². The molecule has 0 bridgehead atoms. The largest absolute Gasteiger partial charge is 0.444 e. The average Bonchev–Trinajstić information content (AvgIpc) is 2.59. The Morgan fingerprint density at radius 2 is 1.54 bits per heavy atom. The first kappa shape index (κ1) is 21.9. The van der Waals surface area contributed by atoms with Crippen molar-refractivity contribution in [1.82, 2.24) is 5.32 Å². The summed E-state index contributed by atoms with van der Waals surface area (Å²) in [5, 5.41) is 14.8. The molecule has 1 N–H and O–H groups in total. The SMILES string of the molecule is CC(C)(C)OC(=O)N[C@H](c1ccc(Cl)cc1)[C@](F)(c1ccc(Cl)cc1)[N+](=O)[O-]. The molecule has 28 heavy (non-hydrogen) atoms. The number of nitrogens with zero attached hydrogens (tertiary/aromatic N) is 1. The minimum Gasteiger partial charge on any atom is -0.444 e. The van der Waals surface area contributed by atoms with E-state index in [1.807, 2.05) is 0 Å². The molecule has 2 aromatic carbocycles. The maximum absolute atomic E-state index is 16.0. The van der Waals surface area contributed by atoms with Gasteiger partial charge < -0.3 is 10.1 Å². The quantitative estimate of drug-likeness (QED) is 0.378. The molecule has 0 aromatic heterocycles. The van der Waals surface area contributed by atoms with E-state index in [1.165, 1.54) is 48.5 Å². The highest BCUT2D eigenvalue weighted by Gasteiger charge is 2.55. The average molecular weight is 429 g/mol. The number of ether oxygens (including phenoxy) is 1. The van der Waals surface area contributed by atoms with E-state index in [0.29, 0.717) is 5.02 Å². The van der Waals surface area contributed by atoms with Crippen LogP contribution in [0.25, 0.3) is 0 Å². The number of alkyl halides is 1. The Balaban J connectivity index is 2.56. The van der Waals surface area contributed by atoms with Crippen LogP contribution >= 0.6 is 23.2 Å². The van der Waals surface area contributed by atoms with E-state index in [1.54, 1.807) is 20.8 Å². The lowest BCUT2D eigenvalue weighted by Gasteiger charge is -2.29. The zero-order valence-corrected chi connectivity index (χ0v) is 16.9. The molecule has 0 fully saturated rings. The van der Waals surface area contributed by atoms with Gasteiger partial charge in [0.15, 0.2) is 6.04 Å². The molecule has 1 amide bonds. The van der Waals surface area contributed by atoms with Crippen molar-refractivity contribution in [2.75, 3.05) is 0 Å². The van der Waals surface area contributed by atoms with E-state index in [-0.39, 0.29) is 16.1 Å². The van der Waals surface area contributed by atoms with Gasteiger partial charge in [-0.15, -0.1) is 0 Å². The fraction of sp³-hybridized carbons (Fsp3) is 0.316. The first-order valence-electron chi connectivity index (χ1n) is 8.28. The second-order valence-electron chi connectivity index (χ2n) is 7.07. The summed E-state index contributed by atoms with van der Waals surface area (Å²) in [6.07, 6.45) is -0.995. The number of benzene rings is 2. The molecule has 2 atom stereocenters. The fourth-order valence-electron chi connectivity index (χ4n) is 2.54. The Morgan fingerprint density at radius 1 is 1.07 bits per heavy atom. The number of halogens is 3. The number of alkyl carbamates (subject to hydrolysis) is 1. The van der Waals surface area contributed by atoms with E-state index in [0.717, 1.165) is 0 Å². The molecular formula is C19H19Cl2FN2O4. The predicted octanol–water partition coefficient (Wildman–Crippen LogP) is 5.66. The zero-order valence-electron chi connectivity index (χ0n) is 15.4. The molecule has 0 saturated heterocycles. The van der Waals surface area contributed by atoms with Gasteiger partial charge in [-0.25, -0.2) is 4.79 Å². The van der Waals surface area contributed by atoms with Gasteiger partial charge >= 0.3 is 11.9 Å². The van der Waals surface area contributed by atoms with Gasteiger partial charge in [0.05, 0.1) is 10.5 Å². The summed E-state index contributed by atoms with van der Waals surface area (Å²) >= 11 is 11.7. The van der Waals surface area contributed by atoms with Crippen molar-refractivity contribution in [3.8, 4) is 0 Å². The van der Waals surface area contributed by atoms with Crippen LogP contribution in [0.3, 0.4) is 0 Å². The number of carbonyl (C=O) groups is 1. The van der Waals surface area contributed by atoms with E-state index in [2.05, 4.69) is 5.32 Å². The predicted molar refractivity (Wildman–Crippen MR) is 105 cm³/mol. The molecule has 0 heterocycles. The summed E-state index contributed by atoms with van der Waals surface area (Å²) in [7, 11) is 0. The van der Waals surface area contributed by atoms with E-state index < -0.39 is 28.5 Å². The molecule has 2 aromatic rings. The number of hydrogen-bond acceptors (Lipinski definition) is 4. The van der Waals surface area contributed by atoms with Crippen LogP contribution in [-0.2, 0) is 10.5 Å². The van der Waals surface area contributed by atoms with Crippen LogP contribution in [0.1, 0.15) is 37.9 Å². The Bertz CT molecular complexity index is 854. The summed E-state index contributed by atoms with van der Waals surface area (Å²) in [4.78, 5) is 23.0. The third-order valence-corrected chi connectivity index (χ3v) is 4.27. The smallest absolute Gasteiger partial charge is 0.408 e. The lowest BCUT2D eigenvalue weighted by Crippen LogP contribution is -2.47. The fourth-order valence-corrected chi connectivity index (χ4v) is 2.79. The van der Waals surface area contributed by atoms with Crippen LogP contribution in [0.2, 0.25) is 10.0 Å². The first-order chi connectivity index (χ1) is 12.9. The molecule has 0 radical (unpaired) electrons. The van der Waals surface area contributed by atoms with Gasteiger partial charge in [-0.3, -0.25) is 10.1 Å². The Kier molecular flexibility index (Phi) is 6.52. The van der Waals surface area contributed by atoms with Crippen LogP contribution in [0.4, 0.5) is 9.18 Å². The summed E-state index contributed by atoms with van der Waals surface area (Å²) in [5.41, 5.74) is -1.01. The van der Waals surface area contributed by atoms with Crippen molar-refractivity contribution in [3.63, 3.8) is 0 Å². The lowest BCUT2D eigenvalue weighted by molar-refractivity contribution is -0.623. The van der Waals surface area contributed by atoms with Crippen molar-refractivity contribution < 1.29 is 18.8 Å². The highest BCUT2D eigenvalue weighted by molar-refractivity contribution is 6.30. The maximum Gasteiger partial charge on any atom is 0.408 e. The van der Waals surface area contributed by atoms with Crippen molar-refractivity contribution in [3.05, 3.63) is 79.8 Å². The zero-order chi connectivity index (χ0) is 21.1. The van der Waals surface area contributed by atoms with Gasteiger partial charge in [0, 0.05) is 10.0 Å². The van der Waals surface area contributed by atoms with Gasteiger partial charge in [0.25, 0.3) is 0 Å². The van der Waals surface area contributed by atoms with Crippen LogP contribution in [0.5, 0.6) is 0 Å². The van der Waals surface area contributed by atoms with Crippen LogP contribution < -0.4 is 5.32 Å². The van der Waals surface area contributed by atoms with Crippen LogP contribution in [-0.4, -0.2) is 16.6 Å². The second kappa shape index (κ2) is 8.32. The Hall–Kier alpha value is -2.38. The molecule has 150 valence electrons. The van der Waals surface area contributed by atoms with Crippen LogP contribution in [0, 0.1) is 10.1 Å². The minimum absolute atomic E-state index is 0.143. The van der Waals surface area contributed by atoms with Gasteiger partial charge in [-0.1, -0.05) is 35.3 Å². The first-order valence-corrected chi connectivity index (χ1v) is 9.03. The Morgan fingerprint density at radius 3 is 1.96 bits per heavy atom. The molecular weight excluding hydrogens is 410 g/mol. The standard InChI is InChI=1S/C19H19Cl2FN2O4/c1-18(2,3)28-17(25)23-16(12-4-8-14(20)9-5-12)19(22,24(26)27)13-6-10-15(21)11-7-13/h4-11,16H,1-3H3,(H,23,25)/t16-,19+/m1/s1. The molecule has 6 nitrogen and oxygen atoms in total. The molecule has 0 saturated carbocycles. The third kappa shape index (κ3) is 5.11. The summed E-state index contributed by atoms with van der Waals surface area (Å²) < 4.78 is 21.1. The summed E-state index contributed by atoms with van der Waals surface area (Å²) in [5.74, 6) is -3.19. The Labute approximate surface area is 171 Å². The van der Waals surface area contributed by atoms with E-state index in [4.69, 9.17) is 27.9 Å². The summed E-state index contributed by atoms with van der Waals surface area (Å²) in [6.45, 7) is 4.87.